The van der Waals surface area contributed by atoms with Crippen LogP contribution in [0.1, 0.15) is 0 Å². The van der Waals surface area contributed by atoms with Crippen molar-refractivity contribution in [3.8, 4) is 11.3 Å². The summed E-state index contributed by atoms with van der Waals surface area (Å²) in [6.07, 6.45) is 0. The Bertz CT molecular complexity index is 1530. The minimum atomic E-state index is 0.215. The highest BCUT2D eigenvalue weighted by Gasteiger charge is 2.16. The van der Waals surface area contributed by atoms with Gasteiger partial charge in [-0.15, -0.1) is 0 Å². The fraction of sp³-hybridized carbons (Fsp3) is 0. The molecule has 4 aromatic carbocycles. The molecule has 0 N–H and O–H groups in total. The van der Waals surface area contributed by atoms with Crippen LogP contribution in [-0.4, -0.2) is 9.97 Å². The summed E-state index contributed by atoms with van der Waals surface area (Å²) in [4.78, 5) is 8.91. The van der Waals surface area contributed by atoms with Crippen LogP contribution in [0.5, 0.6) is 0 Å². The zero-order valence-corrected chi connectivity index (χ0v) is 15.4. The first-order chi connectivity index (χ1) is 13.8. The lowest BCUT2D eigenvalue weighted by atomic mass is 9.99. The first kappa shape index (κ1) is 15.6. The fourth-order valence-corrected chi connectivity index (χ4v) is 4.09. The monoisotopic (exact) mass is 380 g/mol. The van der Waals surface area contributed by atoms with Crippen LogP contribution >= 0.6 is 11.6 Å². The van der Waals surface area contributed by atoms with Crippen LogP contribution in [0, 0.1) is 0 Å². The molecule has 132 valence electrons. The van der Waals surface area contributed by atoms with E-state index >= 15 is 0 Å². The summed E-state index contributed by atoms with van der Waals surface area (Å²) >= 11 is 6.26. The molecular weight excluding hydrogens is 368 g/mol. The first-order valence-electron chi connectivity index (χ1n) is 9.05. The summed E-state index contributed by atoms with van der Waals surface area (Å²) in [6.45, 7) is 0. The molecule has 0 atom stereocenters. The molecule has 0 fully saturated rings. The van der Waals surface area contributed by atoms with E-state index in [2.05, 4.69) is 64.6 Å². The van der Waals surface area contributed by atoms with E-state index in [0.29, 0.717) is 11.3 Å². The molecule has 0 bridgehead atoms. The average molecular weight is 381 g/mol. The van der Waals surface area contributed by atoms with Gasteiger partial charge in [-0.3, -0.25) is 0 Å². The van der Waals surface area contributed by atoms with E-state index in [-0.39, 0.29) is 5.28 Å². The molecule has 0 unspecified atom stereocenters. The maximum Gasteiger partial charge on any atom is 0.223 e. The van der Waals surface area contributed by atoms with E-state index in [1.807, 2.05) is 24.3 Å². The molecule has 6 rings (SSSR count). The molecule has 2 heterocycles. The Labute approximate surface area is 165 Å². The lowest BCUT2D eigenvalue weighted by Crippen LogP contribution is -1.89. The second kappa shape index (κ2) is 5.78. The Morgan fingerprint density at radius 1 is 0.679 bits per heavy atom. The SMILES string of the molecule is Clc1nc(-c2ccc3c(ccc4ccccc43)c2)c2oc3ccccc3c2n1. The number of furan rings is 1. The maximum atomic E-state index is 6.26. The average Bonchev–Trinajstić information content (AvgIpc) is 3.11. The molecule has 0 aliphatic rings. The van der Waals surface area contributed by atoms with E-state index in [1.165, 1.54) is 16.2 Å². The lowest BCUT2D eigenvalue weighted by Gasteiger charge is -2.07. The van der Waals surface area contributed by atoms with Gasteiger partial charge in [-0.2, -0.15) is 0 Å². The normalized spacial score (nSPS) is 11.8. The maximum absolute atomic E-state index is 6.26. The Morgan fingerprint density at radius 3 is 2.36 bits per heavy atom. The Hall–Kier alpha value is -3.43. The number of para-hydroxylation sites is 1. The van der Waals surface area contributed by atoms with Crippen LogP contribution in [0.15, 0.2) is 83.3 Å². The van der Waals surface area contributed by atoms with Crippen molar-refractivity contribution >= 4 is 55.2 Å². The Kier molecular flexibility index (Phi) is 3.22. The van der Waals surface area contributed by atoms with Crippen molar-refractivity contribution in [1.29, 1.82) is 0 Å². The van der Waals surface area contributed by atoms with Crippen molar-refractivity contribution in [2.45, 2.75) is 0 Å². The molecule has 0 aliphatic carbocycles. The molecule has 0 amide bonds. The zero-order chi connectivity index (χ0) is 18.7. The number of hydrogen-bond acceptors (Lipinski definition) is 3. The van der Waals surface area contributed by atoms with Gasteiger partial charge in [0.2, 0.25) is 5.28 Å². The van der Waals surface area contributed by atoms with Crippen molar-refractivity contribution in [2.75, 3.05) is 0 Å². The molecular formula is C24H13ClN2O. The van der Waals surface area contributed by atoms with Gasteiger partial charge in [0.05, 0.1) is 0 Å². The predicted molar refractivity (Wildman–Crippen MR) is 115 cm³/mol. The largest absolute Gasteiger partial charge is 0.452 e. The standard InChI is InChI=1S/C24H13ClN2O/c25-24-26-21(23-22(27-24)19-7-3-4-8-20(19)28-23)16-11-12-18-15(13-16)10-9-14-5-1-2-6-17(14)18/h1-13H. The number of hydrogen-bond donors (Lipinski definition) is 0. The molecule has 3 nitrogen and oxygen atoms in total. The van der Waals surface area contributed by atoms with Gasteiger partial charge in [0, 0.05) is 10.9 Å². The predicted octanol–water partition coefficient (Wildman–Crippen LogP) is 7.00. The van der Waals surface area contributed by atoms with Gasteiger partial charge >= 0.3 is 0 Å². The summed E-state index contributed by atoms with van der Waals surface area (Å²) < 4.78 is 6.09. The molecule has 0 saturated heterocycles. The second-order valence-electron chi connectivity index (χ2n) is 6.84. The van der Waals surface area contributed by atoms with Gasteiger partial charge in [-0.1, -0.05) is 60.7 Å². The Morgan fingerprint density at radius 2 is 1.43 bits per heavy atom. The smallest absolute Gasteiger partial charge is 0.223 e. The van der Waals surface area contributed by atoms with Crippen LogP contribution in [0.4, 0.5) is 0 Å². The third kappa shape index (κ3) is 2.23. The number of benzene rings is 4. The molecule has 28 heavy (non-hydrogen) atoms. The van der Waals surface area contributed by atoms with Gasteiger partial charge in [0.15, 0.2) is 5.58 Å². The molecule has 2 aromatic heterocycles. The summed E-state index contributed by atoms with van der Waals surface area (Å²) in [6, 6.07) is 26.9. The lowest BCUT2D eigenvalue weighted by molar-refractivity contribution is 0.667. The Balaban J connectivity index is 1.66. The fourth-order valence-electron chi connectivity index (χ4n) is 3.92. The van der Waals surface area contributed by atoms with Gasteiger partial charge in [-0.05, 0) is 51.3 Å². The van der Waals surface area contributed by atoms with E-state index in [0.717, 1.165) is 27.4 Å². The van der Waals surface area contributed by atoms with E-state index in [1.54, 1.807) is 0 Å². The third-order valence-corrected chi connectivity index (χ3v) is 5.38. The minimum absolute atomic E-state index is 0.215. The van der Waals surface area contributed by atoms with Crippen LogP contribution < -0.4 is 0 Å². The number of rotatable bonds is 1. The van der Waals surface area contributed by atoms with E-state index in [9.17, 15) is 0 Å². The van der Waals surface area contributed by atoms with E-state index in [4.69, 9.17) is 16.0 Å². The quantitative estimate of drug-likeness (QED) is 0.227. The van der Waals surface area contributed by atoms with Crippen LogP contribution in [0.25, 0.3) is 54.9 Å². The summed E-state index contributed by atoms with van der Waals surface area (Å²) in [7, 11) is 0. The number of halogens is 1. The molecule has 6 aromatic rings. The summed E-state index contributed by atoms with van der Waals surface area (Å²) in [5, 5.41) is 5.98. The molecule has 0 saturated carbocycles. The van der Waals surface area contributed by atoms with Crippen molar-refractivity contribution in [2.24, 2.45) is 0 Å². The molecule has 4 heteroatoms. The van der Waals surface area contributed by atoms with Gasteiger partial charge < -0.3 is 4.42 Å². The summed E-state index contributed by atoms with van der Waals surface area (Å²) in [5.74, 6) is 0. The highest BCUT2D eigenvalue weighted by atomic mass is 35.5. The van der Waals surface area contributed by atoms with Crippen molar-refractivity contribution in [1.82, 2.24) is 9.97 Å². The van der Waals surface area contributed by atoms with Gasteiger partial charge in [0.25, 0.3) is 0 Å². The van der Waals surface area contributed by atoms with Gasteiger partial charge in [0.1, 0.15) is 16.8 Å². The molecule has 0 radical (unpaired) electrons. The number of nitrogens with zero attached hydrogens (tertiary/aromatic N) is 2. The number of aromatic nitrogens is 2. The number of fused-ring (bicyclic) bond motifs is 6. The summed E-state index contributed by atoms with van der Waals surface area (Å²) in [5.41, 5.74) is 3.84. The van der Waals surface area contributed by atoms with Crippen LogP contribution in [0.2, 0.25) is 5.28 Å². The van der Waals surface area contributed by atoms with Crippen molar-refractivity contribution in [3.05, 3.63) is 84.1 Å². The van der Waals surface area contributed by atoms with E-state index < -0.39 is 0 Å². The molecule has 0 aliphatic heterocycles. The van der Waals surface area contributed by atoms with Crippen molar-refractivity contribution in [3.63, 3.8) is 0 Å². The van der Waals surface area contributed by atoms with Gasteiger partial charge in [-0.25, -0.2) is 9.97 Å². The second-order valence-corrected chi connectivity index (χ2v) is 7.18. The zero-order valence-electron chi connectivity index (χ0n) is 14.7. The topological polar surface area (TPSA) is 38.9 Å². The highest BCUT2D eigenvalue weighted by Crippen LogP contribution is 2.36. The first-order valence-corrected chi connectivity index (χ1v) is 9.42. The van der Waals surface area contributed by atoms with Crippen LogP contribution in [0.3, 0.4) is 0 Å². The molecule has 0 spiro atoms. The van der Waals surface area contributed by atoms with Crippen LogP contribution in [-0.2, 0) is 0 Å². The minimum Gasteiger partial charge on any atom is -0.452 e. The van der Waals surface area contributed by atoms with Crippen molar-refractivity contribution < 1.29 is 4.42 Å². The highest BCUT2D eigenvalue weighted by molar-refractivity contribution is 6.29. The third-order valence-electron chi connectivity index (χ3n) is 5.21.